The number of hydrogen-bond acceptors (Lipinski definition) is 7. The molecule has 214 valence electrons. The van der Waals surface area contributed by atoms with Crippen molar-refractivity contribution in [3.05, 3.63) is 123 Å². The van der Waals surface area contributed by atoms with Crippen LogP contribution >= 0.6 is 15.9 Å². The first kappa shape index (κ1) is 27.9. The Bertz CT molecular complexity index is 2100. The van der Waals surface area contributed by atoms with Crippen LogP contribution in [0.4, 0.5) is 5.69 Å². The molecule has 0 saturated carbocycles. The second-order valence-corrected chi connectivity index (χ2v) is 10.9. The molecule has 6 rings (SSSR count). The number of fused-ring (bicyclic) bond motifs is 2. The molecule has 10 heteroatoms. The number of rotatable bonds is 8. The minimum atomic E-state index is -1.01. The number of ether oxygens (including phenoxy) is 1. The largest absolute Gasteiger partial charge is 0.488 e. The Morgan fingerprint density at radius 3 is 2.70 bits per heavy atom. The molecule has 0 saturated heterocycles. The average molecular weight is 637 g/mol. The Balaban J connectivity index is 1.43. The Morgan fingerprint density at radius 1 is 1.05 bits per heavy atom. The third kappa shape index (κ3) is 5.77. The van der Waals surface area contributed by atoms with Crippen LogP contribution in [0.5, 0.6) is 5.75 Å². The summed E-state index contributed by atoms with van der Waals surface area (Å²) in [5, 5.41) is 15.2. The molecule has 43 heavy (non-hydrogen) atoms. The van der Waals surface area contributed by atoms with Crippen molar-refractivity contribution in [3.8, 4) is 17.3 Å². The van der Waals surface area contributed by atoms with Crippen LogP contribution in [0.3, 0.4) is 0 Å². The van der Waals surface area contributed by atoms with Crippen LogP contribution < -0.4 is 15.2 Å². The number of carbonyl (C=O) groups is 1. The monoisotopic (exact) mass is 636 g/mol. The number of benzene rings is 4. The van der Waals surface area contributed by atoms with Gasteiger partial charge >= 0.3 is 5.97 Å². The molecule has 0 aliphatic carbocycles. The lowest BCUT2D eigenvalue weighted by molar-refractivity contribution is 0.0696. The summed E-state index contributed by atoms with van der Waals surface area (Å²) in [6.07, 6.45) is 1.54. The Morgan fingerprint density at radius 2 is 1.88 bits per heavy atom. The highest BCUT2D eigenvalue weighted by atomic mass is 79.9. The molecule has 0 bridgehead atoms. The standard InChI is InChI=1S/C33H25BrN4O5/c1-37(2)25-12-10-22(29(17-25)42-19-20-6-5-7-21(14-20)33(40)41)18-35-38-31(36-27-9-4-3-8-26(27)32(38)39)30-16-23-15-24(34)11-13-28(23)43-30/h3-18H,19H2,1-2H3,(H,40,41). The van der Waals surface area contributed by atoms with E-state index in [1.54, 1.807) is 42.6 Å². The highest BCUT2D eigenvalue weighted by Gasteiger charge is 2.17. The highest BCUT2D eigenvalue weighted by Crippen LogP contribution is 2.30. The van der Waals surface area contributed by atoms with Crippen molar-refractivity contribution < 1.29 is 19.1 Å². The maximum atomic E-state index is 13.7. The fourth-order valence-corrected chi connectivity index (χ4v) is 5.00. The molecular formula is C33H25BrN4O5. The predicted octanol–water partition coefficient (Wildman–Crippen LogP) is 6.80. The third-order valence-corrected chi connectivity index (χ3v) is 7.34. The first-order valence-corrected chi connectivity index (χ1v) is 14.1. The number of aromatic carboxylic acids is 1. The van der Waals surface area contributed by atoms with E-state index in [1.807, 2.05) is 67.5 Å². The molecule has 0 spiro atoms. The summed E-state index contributed by atoms with van der Waals surface area (Å²) in [5.74, 6) is 0.148. The van der Waals surface area contributed by atoms with Crippen LogP contribution in [0.1, 0.15) is 21.5 Å². The fourth-order valence-electron chi connectivity index (χ4n) is 4.62. The Hall–Kier alpha value is -5.22. The zero-order chi connectivity index (χ0) is 30.1. The maximum Gasteiger partial charge on any atom is 0.335 e. The lowest BCUT2D eigenvalue weighted by Crippen LogP contribution is -2.20. The molecule has 1 N–H and O–H groups in total. The summed E-state index contributed by atoms with van der Waals surface area (Å²) in [7, 11) is 3.84. The number of aromatic nitrogens is 2. The Kier molecular flexibility index (Phi) is 7.52. The number of hydrogen-bond donors (Lipinski definition) is 1. The summed E-state index contributed by atoms with van der Waals surface area (Å²) in [6.45, 7) is 0.135. The normalized spacial score (nSPS) is 11.4. The van der Waals surface area contributed by atoms with E-state index in [4.69, 9.17) is 14.1 Å². The van der Waals surface area contributed by atoms with Gasteiger partial charge in [0.15, 0.2) is 5.76 Å². The van der Waals surface area contributed by atoms with Crippen molar-refractivity contribution in [2.45, 2.75) is 6.61 Å². The van der Waals surface area contributed by atoms with Gasteiger partial charge in [0, 0.05) is 41.3 Å². The van der Waals surface area contributed by atoms with Crippen molar-refractivity contribution >= 4 is 55.7 Å². The third-order valence-electron chi connectivity index (χ3n) is 6.85. The number of halogens is 1. The van der Waals surface area contributed by atoms with E-state index in [0.717, 1.165) is 15.5 Å². The zero-order valence-electron chi connectivity index (χ0n) is 23.2. The average Bonchev–Trinajstić information content (AvgIpc) is 3.43. The van der Waals surface area contributed by atoms with Crippen LogP contribution in [0, 0.1) is 0 Å². The first-order valence-electron chi connectivity index (χ1n) is 13.3. The van der Waals surface area contributed by atoms with Crippen LogP contribution in [0.2, 0.25) is 0 Å². The van der Waals surface area contributed by atoms with Gasteiger partial charge in [-0.15, -0.1) is 0 Å². The zero-order valence-corrected chi connectivity index (χ0v) is 24.8. The minimum Gasteiger partial charge on any atom is -0.488 e. The van der Waals surface area contributed by atoms with Crippen LogP contribution in [-0.4, -0.2) is 41.0 Å². The van der Waals surface area contributed by atoms with E-state index >= 15 is 0 Å². The van der Waals surface area contributed by atoms with Gasteiger partial charge in [-0.25, -0.2) is 9.78 Å². The molecule has 4 aromatic carbocycles. The molecule has 2 heterocycles. The predicted molar refractivity (Wildman–Crippen MR) is 170 cm³/mol. The fraction of sp³-hybridized carbons (Fsp3) is 0.0909. The molecule has 9 nitrogen and oxygen atoms in total. The second-order valence-electron chi connectivity index (χ2n) is 10.0. The summed E-state index contributed by atoms with van der Waals surface area (Å²) < 4.78 is 14.4. The Labute approximate surface area is 254 Å². The lowest BCUT2D eigenvalue weighted by Gasteiger charge is -2.16. The van der Waals surface area contributed by atoms with E-state index in [-0.39, 0.29) is 23.6 Å². The molecule has 0 unspecified atom stereocenters. The molecule has 0 radical (unpaired) electrons. The van der Waals surface area contributed by atoms with E-state index in [1.165, 1.54) is 10.7 Å². The van der Waals surface area contributed by atoms with Gasteiger partial charge < -0.3 is 19.2 Å². The van der Waals surface area contributed by atoms with Crippen molar-refractivity contribution in [1.82, 2.24) is 9.66 Å². The van der Waals surface area contributed by atoms with Gasteiger partial charge in [0.05, 0.1) is 22.7 Å². The van der Waals surface area contributed by atoms with Crippen LogP contribution in [0.15, 0.2) is 110 Å². The van der Waals surface area contributed by atoms with Gasteiger partial charge in [0.1, 0.15) is 17.9 Å². The summed E-state index contributed by atoms with van der Waals surface area (Å²) >= 11 is 3.49. The molecule has 0 aliphatic heterocycles. The van der Waals surface area contributed by atoms with Crippen molar-refractivity contribution in [1.29, 1.82) is 0 Å². The van der Waals surface area contributed by atoms with Crippen molar-refractivity contribution in [2.24, 2.45) is 5.10 Å². The second kappa shape index (κ2) is 11.6. The van der Waals surface area contributed by atoms with Gasteiger partial charge in [-0.3, -0.25) is 4.79 Å². The van der Waals surface area contributed by atoms with Crippen molar-refractivity contribution in [2.75, 3.05) is 19.0 Å². The summed E-state index contributed by atoms with van der Waals surface area (Å²) in [4.78, 5) is 31.8. The summed E-state index contributed by atoms with van der Waals surface area (Å²) in [6, 6.07) is 26.8. The highest BCUT2D eigenvalue weighted by molar-refractivity contribution is 9.10. The summed E-state index contributed by atoms with van der Waals surface area (Å²) in [5.41, 5.74) is 3.21. The van der Waals surface area contributed by atoms with Gasteiger partial charge in [-0.05, 0) is 66.2 Å². The molecule has 0 atom stereocenters. The van der Waals surface area contributed by atoms with E-state index < -0.39 is 5.97 Å². The molecule has 2 aromatic heterocycles. The molecule has 0 aliphatic rings. The SMILES string of the molecule is CN(C)c1ccc(C=Nn2c(-c3cc4cc(Br)ccc4o3)nc3ccccc3c2=O)c(OCc2cccc(C(=O)O)c2)c1. The van der Waals surface area contributed by atoms with Gasteiger partial charge in [-0.1, -0.05) is 40.2 Å². The molecule has 6 aromatic rings. The number of para-hydroxylation sites is 1. The molecular weight excluding hydrogens is 612 g/mol. The number of carboxylic acid groups (broad SMARTS) is 1. The minimum absolute atomic E-state index is 0.135. The van der Waals surface area contributed by atoms with Crippen LogP contribution in [0.25, 0.3) is 33.5 Å². The first-order chi connectivity index (χ1) is 20.8. The molecule has 0 fully saturated rings. The maximum absolute atomic E-state index is 13.7. The number of anilines is 1. The van der Waals surface area contributed by atoms with E-state index in [9.17, 15) is 14.7 Å². The van der Waals surface area contributed by atoms with Gasteiger partial charge in [0.25, 0.3) is 5.56 Å². The topological polar surface area (TPSA) is 110 Å². The van der Waals surface area contributed by atoms with Crippen molar-refractivity contribution in [3.63, 3.8) is 0 Å². The number of furan rings is 1. The molecule has 0 amide bonds. The van der Waals surface area contributed by atoms with Gasteiger partial charge in [0.2, 0.25) is 5.82 Å². The smallest absolute Gasteiger partial charge is 0.335 e. The number of carboxylic acids is 1. The lowest BCUT2D eigenvalue weighted by atomic mass is 10.1. The van der Waals surface area contributed by atoms with Crippen LogP contribution in [-0.2, 0) is 6.61 Å². The quantitative estimate of drug-likeness (QED) is 0.183. The number of nitrogens with zero attached hydrogens (tertiary/aromatic N) is 4. The van der Waals surface area contributed by atoms with E-state index in [0.29, 0.717) is 39.1 Å². The van der Waals surface area contributed by atoms with E-state index in [2.05, 4.69) is 21.0 Å². The van der Waals surface area contributed by atoms with Gasteiger partial charge in [-0.2, -0.15) is 9.78 Å².